The second kappa shape index (κ2) is 5.00. The van der Waals surface area contributed by atoms with Crippen LogP contribution in [0, 0.1) is 0 Å². The third-order valence-electron chi connectivity index (χ3n) is 2.74. The summed E-state index contributed by atoms with van der Waals surface area (Å²) in [5.74, 6) is 1.94. The summed E-state index contributed by atoms with van der Waals surface area (Å²) in [6, 6.07) is 12.7. The maximum absolute atomic E-state index is 5.63. The minimum Gasteiger partial charge on any atom is -0.497 e. The van der Waals surface area contributed by atoms with Crippen LogP contribution in [0.25, 0.3) is 23.0 Å². The van der Waals surface area contributed by atoms with E-state index in [1.165, 1.54) is 0 Å². The Morgan fingerprint density at radius 3 is 2.75 bits per heavy atom. The van der Waals surface area contributed by atoms with E-state index in [9.17, 15) is 0 Å². The van der Waals surface area contributed by atoms with Crippen molar-refractivity contribution < 1.29 is 9.26 Å². The van der Waals surface area contributed by atoms with Gasteiger partial charge >= 0.3 is 0 Å². The molecule has 6 nitrogen and oxygen atoms in total. The summed E-state index contributed by atoms with van der Waals surface area (Å²) >= 11 is 0. The van der Waals surface area contributed by atoms with Crippen molar-refractivity contribution in [1.29, 1.82) is 0 Å². The molecular weight excluding hydrogens is 256 g/mol. The van der Waals surface area contributed by atoms with Gasteiger partial charge in [0.2, 0.25) is 5.82 Å². The average molecular weight is 268 g/mol. The second-order valence-corrected chi connectivity index (χ2v) is 4.10. The Labute approximate surface area is 115 Å². The smallest absolute Gasteiger partial charge is 0.276 e. The van der Waals surface area contributed by atoms with Gasteiger partial charge in [-0.2, -0.15) is 4.98 Å². The van der Waals surface area contributed by atoms with E-state index < -0.39 is 0 Å². The lowest BCUT2D eigenvalue weighted by Gasteiger charge is -1.99. The SMILES string of the molecule is COc1cccc(-c2noc(-c3cccc(N)n3)n2)c1. The standard InChI is InChI=1S/C14H12N4O2/c1-19-10-5-2-4-9(8-10)13-17-14(20-18-13)11-6-3-7-12(15)16-11/h2-8H,1H3,(H2,15,16). The van der Waals surface area contributed by atoms with Crippen LogP contribution in [0.4, 0.5) is 5.82 Å². The Hall–Kier alpha value is -2.89. The number of hydrogen-bond acceptors (Lipinski definition) is 6. The van der Waals surface area contributed by atoms with Crippen molar-refractivity contribution in [3.05, 3.63) is 42.5 Å². The molecule has 2 N–H and O–H groups in total. The number of benzene rings is 1. The first kappa shape index (κ1) is 12.2. The third-order valence-corrected chi connectivity index (χ3v) is 2.74. The van der Waals surface area contributed by atoms with Gasteiger partial charge in [-0.05, 0) is 24.3 Å². The Kier molecular flexibility index (Phi) is 3.04. The number of methoxy groups -OCH3 is 1. The molecule has 0 fully saturated rings. The van der Waals surface area contributed by atoms with Crippen LogP contribution in [0.2, 0.25) is 0 Å². The van der Waals surface area contributed by atoms with Crippen molar-refractivity contribution in [3.8, 4) is 28.7 Å². The van der Waals surface area contributed by atoms with E-state index in [2.05, 4.69) is 15.1 Å². The van der Waals surface area contributed by atoms with Crippen molar-refractivity contribution >= 4 is 5.82 Å². The van der Waals surface area contributed by atoms with Gasteiger partial charge in [0, 0.05) is 5.56 Å². The highest BCUT2D eigenvalue weighted by Gasteiger charge is 2.12. The van der Waals surface area contributed by atoms with Gasteiger partial charge in [-0.25, -0.2) is 4.98 Å². The molecule has 0 unspecified atom stereocenters. The van der Waals surface area contributed by atoms with Crippen molar-refractivity contribution in [2.75, 3.05) is 12.8 Å². The highest BCUT2D eigenvalue weighted by molar-refractivity contribution is 5.60. The molecule has 3 aromatic rings. The third kappa shape index (κ3) is 2.31. The van der Waals surface area contributed by atoms with Crippen molar-refractivity contribution in [3.63, 3.8) is 0 Å². The second-order valence-electron chi connectivity index (χ2n) is 4.10. The lowest BCUT2D eigenvalue weighted by molar-refractivity contribution is 0.414. The summed E-state index contributed by atoms with van der Waals surface area (Å²) in [5, 5.41) is 3.95. The van der Waals surface area contributed by atoms with Crippen LogP contribution in [0.5, 0.6) is 5.75 Å². The summed E-state index contributed by atoms with van der Waals surface area (Å²) in [7, 11) is 1.61. The van der Waals surface area contributed by atoms with E-state index >= 15 is 0 Å². The van der Waals surface area contributed by atoms with Crippen LogP contribution < -0.4 is 10.5 Å². The van der Waals surface area contributed by atoms with Gasteiger partial charge < -0.3 is 15.0 Å². The molecule has 0 saturated heterocycles. The molecule has 1 aromatic carbocycles. The van der Waals surface area contributed by atoms with Crippen LogP contribution in [0.1, 0.15) is 0 Å². The van der Waals surface area contributed by atoms with Crippen LogP contribution in [0.3, 0.4) is 0 Å². The molecule has 0 atom stereocenters. The number of nitrogens with two attached hydrogens (primary N) is 1. The fraction of sp³-hybridized carbons (Fsp3) is 0.0714. The van der Waals surface area contributed by atoms with E-state index in [4.69, 9.17) is 15.0 Å². The van der Waals surface area contributed by atoms with Crippen molar-refractivity contribution in [2.45, 2.75) is 0 Å². The number of pyridine rings is 1. The molecule has 6 heteroatoms. The van der Waals surface area contributed by atoms with E-state index in [1.54, 1.807) is 25.3 Å². The minimum atomic E-state index is 0.329. The first-order chi connectivity index (χ1) is 9.76. The van der Waals surface area contributed by atoms with Gasteiger partial charge in [-0.1, -0.05) is 23.4 Å². The molecule has 0 aliphatic carbocycles. The number of nitrogen functional groups attached to an aromatic ring is 1. The fourth-order valence-electron chi connectivity index (χ4n) is 1.78. The molecule has 0 saturated carbocycles. The fourth-order valence-corrected chi connectivity index (χ4v) is 1.78. The Morgan fingerprint density at radius 1 is 1.10 bits per heavy atom. The van der Waals surface area contributed by atoms with Gasteiger partial charge in [0.1, 0.15) is 17.3 Å². The van der Waals surface area contributed by atoms with E-state index in [-0.39, 0.29) is 0 Å². The first-order valence-corrected chi connectivity index (χ1v) is 5.97. The lowest BCUT2D eigenvalue weighted by atomic mass is 10.2. The number of rotatable bonds is 3. The number of hydrogen-bond donors (Lipinski definition) is 1. The predicted octanol–water partition coefficient (Wildman–Crippen LogP) is 2.39. The molecule has 0 radical (unpaired) electrons. The highest BCUT2D eigenvalue weighted by Crippen LogP contribution is 2.24. The zero-order valence-corrected chi connectivity index (χ0v) is 10.8. The maximum atomic E-state index is 5.63. The Bertz CT molecular complexity index is 739. The quantitative estimate of drug-likeness (QED) is 0.784. The molecule has 3 rings (SSSR count). The van der Waals surface area contributed by atoms with Gasteiger partial charge in [0.15, 0.2) is 0 Å². The van der Waals surface area contributed by atoms with Crippen molar-refractivity contribution in [1.82, 2.24) is 15.1 Å². The summed E-state index contributed by atoms with van der Waals surface area (Å²) in [6.45, 7) is 0. The summed E-state index contributed by atoms with van der Waals surface area (Å²) in [5.41, 5.74) is 6.99. The van der Waals surface area contributed by atoms with Crippen LogP contribution in [0.15, 0.2) is 47.0 Å². The normalized spacial score (nSPS) is 10.4. The molecule has 0 amide bonds. The van der Waals surface area contributed by atoms with Gasteiger partial charge in [0.05, 0.1) is 7.11 Å². The zero-order chi connectivity index (χ0) is 13.9. The van der Waals surface area contributed by atoms with E-state index in [0.717, 1.165) is 11.3 Å². The number of ether oxygens (including phenoxy) is 1. The average Bonchev–Trinajstić information content (AvgIpc) is 2.97. The molecule has 0 aliphatic heterocycles. The van der Waals surface area contributed by atoms with Gasteiger partial charge in [0.25, 0.3) is 5.89 Å². The largest absolute Gasteiger partial charge is 0.497 e. The molecule has 2 heterocycles. The minimum absolute atomic E-state index is 0.329. The van der Waals surface area contributed by atoms with E-state index in [0.29, 0.717) is 23.2 Å². The Morgan fingerprint density at radius 2 is 1.95 bits per heavy atom. The first-order valence-electron chi connectivity index (χ1n) is 5.97. The van der Waals surface area contributed by atoms with Crippen LogP contribution in [-0.2, 0) is 0 Å². The molecule has 100 valence electrons. The molecule has 0 aliphatic rings. The van der Waals surface area contributed by atoms with Crippen LogP contribution in [-0.4, -0.2) is 22.2 Å². The Balaban J connectivity index is 1.97. The molecule has 0 bridgehead atoms. The highest BCUT2D eigenvalue weighted by atomic mass is 16.5. The number of nitrogens with zero attached hydrogens (tertiary/aromatic N) is 3. The zero-order valence-electron chi connectivity index (χ0n) is 10.8. The molecular formula is C14H12N4O2. The molecule has 2 aromatic heterocycles. The topological polar surface area (TPSA) is 87.1 Å². The van der Waals surface area contributed by atoms with Gasteiger partial charge in [-0.15, -0.1) is 0 Å². The monoisotopic (exact) mass is 268 g/mol. The van der Waals surface area contributed by atoms with Crippen LogP contribution >= 0.6 is 0 Å². The maximum Gasteiger partial charge on any atom is 0.276 e. The summed E-state index contributed by atoms with van der Waals surface area (Å²) in [6.07, 6.45) is 0. The lowest BCUT2D eigenvalue weighted by Crippen LogP contribution is -1.91. The van der Waals surface area contributed by atoms with Crippen molar-refractivity contribution in [2.24, 2.45) is 0 Å². The predicted molar refractivity (Wildman–Crippen MR) is 73.9 cm³/mol. The van der Waals surface area contributed by atoms with Gasteiger partial charge in [-0.3, -0.25) is 0 Å². The molecule has 0 spiro atoms. The summed E-state index contributed by atoms with van der Waals surface area (Å²) in [4.78, 5) is 8.46. The molecule has 20 heavy (non-hydrogen) atoms. The van der Waals surface area contributed by atoms with E-state index in [1.807, 2.05) is 24.3 Å². The summed E-state index contributed by atoms with van der Waals surface area (Å²) < 4.78 is 10.4. The number of aromatic nitrogens is 3. The number of anilines is 1.